The average molecular weight is 300 g/mol. The number of hydrogen-bond donors (Lipinski definition) is 1. The van der Waals surface area contributed by atoms with E-state index < -0.39 is 11.2 Å². The largest absolute Gasteiger partial charge is 0.480 e. The number of hydrogen-bond acceptors (Lipinski definition) is 2. The van der Waals surface area contributed by atoms with E-state index in [-0.39, 0.29) is 0 Å². The van der Waals surface area contributed by atoms with Crippen LogP contribution < -0.4 is 0 Å². The van der Waals surface area contributed by atoms with E-state index in [1.165, 1.54) is 22.9 Å². The average Bonchev–Trinajstić information content (AvgIpc) is 2.49. The first-order valence-electron chi connectivity index (χ1n) is 7.13. The predicted molar refractivity (Wildman–Crippen MR) is 88.0 cm³/mol. The lowest BCUT2D eigenvalue weighted by Gasteiger charge is -2.14. The fourth-order valence-electron chi connectivity index (χ4n) is 2.26. The Labute approximate surface area is 130 Å². The van der Waals surface area contributed by atoms with E-state index in [1.54, 1.807) is 0 Å². The number of rotatable bonds is 6. The molecule has 0 heterocycles. The van der Waals surface area contributed by atoms with Gasteiger partial charge in [0.25, 0.3) is 0 Å². The Kier molecular flexibility index (Phi) is 5.45. The zero-order chi connectivity index (χ0) is 15.2. The summed E-state index contributed by atoms with van der Waals surface area (Å²) in [6, 6.07) is 16.1. The molecule has 0 spiro atoms. The van der Waals surface area contributed by atoms with Crippen LogP contribution in [0.5, 0.6) is 0 Å². The molecule has 0 aliphatic carbocycles. The van der Waals surface area contributed by atoms with Gasteiger partial charge in [-0.05, 0) is 43.0 Å². The smallest absolute Gasteiger partial charge is 0.317 e. The van der Waals surface area contributed by atoms with Crippen molar-refractivity contribution >= 4 is 17.7 Å². The number of thioether (sulfide) groups is 1. The van der Waals surface area contributed by atoms with E-state index in [0.717, 1.165) is 16.9 Å². The third-order valence-electron chi connectivity index (χ3n) is 3.48. The summed E-state index contributed by atoms with van der Waals surface area (Å²) in [5.74, 6) is -0.758. The van der Waals surface area contributed by atoms with E-state index in [0.29, 0.717) is 6.42 Å². The second kappa shape index (κ2) is 7.32. The maximum absolute atomic E-state index is 11.6. The van der Waals surface area contributed by atoms with Crippen LogP contribution in [0.4, 0.5) is 0 Å². The van der Waals surface area contributed by atoms with Crippen LogP contribution >= 0.6 is 11.8 Å². The van der Waals surface area contributed by atoms with Crippen molar-refractivity contribution in [3.05, 3.63) is 65.2 Å². The van der Waals surface area contributed by atoms with Crippen molar-refractivity contribution in [1.82, 2.24) is 0 Å². The van der Waals surface area contributed by atoms with Gasteiger partial charge < -0.3 is 5.11 Å². The minimum Gasteiger partial charge on any atom is -0.480 e. The summed E-state index contributed by atoms with van der Waals surface area (Å²) in [5.41, 5.74) is 3.54. The highest BCUT2D eigenvalue weighted by atomic mass is 32.2. The van der Waals surface area contributed by atoms with Crippen molar-refractivity contribution in [3.63, 3.8) is 0 Å². The molecule has 0 radical (unpaired) electrons. The lowest BCUT2D eigenvalue weighted by molar-refractivity contribution is -0.136. The van der Waals surface area contributed by atoms with Gasteiger partial charge in [0.15, 0.2) is 0 Å². The van der Waals surface area contributed by atoms with E-state index in [1.807, 2.05) is 49.4 Å². The summed E-state index contributed by atoms with van der Waals surface area (Å²) in [4.78, 5) is 12.6. The Morgan fingerprint density at radius 2 is 1.71 bits per heavy atom. The zero-order valence-electron chi connectivity index (χ0n) is 12.4. The molecule has 1 unspecified atom stereocenters. The normalized spacial score (nSPS) is 12.1. The molecular weight excluding hydrogens is 280 g/mol. The molecule has 110 valence electrons. The zero-order valence-corrected chi connectivity index (χ0v) is 13.2. The number of carbonyl (C=O) groups is 1. The van der Waals surface area contributed by atoms with Crippen molar-refractivity contribution in [2.45, 2.75) is 36.8 Å². The van der Waals surface area contributed by atoms with Crippen molar-refractivity contribution in [1.29, 1.82) is 0 Å². The Morgan fingerprint density at radius 1 is 1.10 bits per heavy atom. The molecular formula is C18H20O2S. The van der Waals surface area contributed by atoms with E-state index >= 15 is 0 Å². The van der Waals surface area contributed by atoms with Gasteiger partial charge in [0.05, 0.1) is 0 Å². The predicted octanol–water partition coefficient (Wildman–Crippen LogP) is 4.35. The summed E-state index contributed by atoms with van der Waals surface area (Å²) in [6.45, 7) is 4.13. The Balaban J connectivity index is 2.16. The van der Waals surface area contributed by atoms with Gasteiger partial charge in [-0.3, -0.25) is 4.79 Å². The van der Waals surface area contributed by atoms with E-state index in [9.17, 15) is 9.90 Å². The van der Waals surface area contributed by atoms with Crippen LogP contribution in [-0.4, -0.2) is 16.3 Å². The number of carboxylic acid groups (broad SMARTS) is 1. The molecule has 0 aliphatic rings. The van der Waals surface area contributed by atoms with Gasteiger partial charge in [-0.15, -0.1) is 11.8 Å². The van der Waals surface area contributed by atoms with Gasteiger partial charge in [-0.25, -0.2) is 0 Å². The highest BCUT2D eigenvalue weighted by molar-refractivity contribution is 8.00. The molecule has 0 aliphatic heterocycles. The fraction of sp³-hybridized carbons (Fsp3) is 0.278. The van der Waals surface area contributed by atoms with Crippen LogP contribution in [0.15, 0.2) is 53.4 Å². The summed E-state index contributed by atoms with van der Waals surface area (Å²) in [6.07, 6.45) is 1.48. The standard InChI is InChI=1S/C18H20O2S/c1-3-14-6-4-5-7-15(14)12-17(18(19)20)21-16-10-8-13(2)9-11-16/h4-11,17H,3,12H2,1-2H3,(H,19,20). The van der Waals surface area contributed by atoms with Gasteiger partial charge in [-0.2, -0.15) is 0 Å². The van der Waals surface area contributed by atoms with Crippen LogP contribution in [0.25, 0.3) is 0 Å². The van der Waals surface area contributed by atoms with E-state index in [2.05, 4.69) is 13.0 Å². The highest BCUT2D eigenvalue weighted by Gasteiger charge is 2.20. The van der Waals surface area contributed by atoms with E-state index in [4.69, 9.17) is 0 Å². The lowest BCUT2D eigenvalue weighted by atomic mass is 10.0. The summed E-state index contributed by atoms with van der Waals surface area (Å²) in [7, 11) is 0. The first-order chi connectivity index (χ1) is 10.1. The summed E-state index contributed by atoms with van der Waals surface area (Å²) < 4.78 is 0. The highest BCUT2D eigenvalue weighted by Crippen LogP contribution is 2.27. The van der Waals surface area contributed by atoms with Gasteiger partial charge in [0.2, 0.25) is 0 Å². The van der Waals surface area contributed by atoms with Gasteiger partial charge >= 0.3 is 5.97 Å². The molecule has 0 bridgehead atoms. The molecule has 2 nitrogen and oxygen atoms in total. The van der Waals surface area contributed by atoms with Gasteiger partial charge in [-0.1, -0.05) is 48.9 Å². The lowest BCUT2D eigenvalue weighted by Crippen LogP contribution is -2.19. The SMILES string of the molecule is CCc1ccccc1CC(Sc1ccc(C)cc1)C(=O)O. The van der Waals surface area contributed by atoms with Crippen molar-refractivity contribution in [2.24, 2.45) is 0 Å². The van der Waals surface area contributed by atoms with Crippen LogP contribution in [-0.2, 0) is 17.6 Å². The number of aliphatic carboxylic acids is 1. The Morgan fingerprint density at radius 3 is 2.29 bits per heavy atom. The van der Waals surface area contributed by atoms with Crippen molar-refractivity contribution in [2.75, 3.05) is 0 Å². The maximum atomic E-state index is 11.6. The van der Waals surface area contributed by atoms with Crippen LogP contribution in [0, 0.1) is 6.92 Å². The molecule has 2 aromatic carbocycles. The monoisotopic (exact) mass is 300 g/mol. The van der Waals surface area contributed by atoms with Gasteiger partial charge in [0, 0.05) is 4.90 Å². The molecule has 1 N–H and O–H groups in total. The number of carboxylic acids is 1. The molecule has 1 atom stereocenters. The molecule has 3 heteroatoms. The Hall–Kier alpha value is -1.74. The first-order valence-corrected chi connectivity index (χ1v) is 8.01. The minimum absolute atomic E-state index is 0.458. The van der Waals surface area contributed by atoms with Crippen molar-refractivity contribution < 1.29 is 9.90 Å². The maximum Gasteiger partial charge on any atom is 0.317 e. The summed E-state index contributed by atoms with van der Waals surface area (Å²) in [5, 5.41) is 9.04. The summed E-state index contributed by atoms with van der Waals surface area (Å²) >= 11 is 1.42. The van der Waals surface area contributed by atoms with Crippen molar-refractivity contribution in [3.8, 4) is 0 Å². The second-order valence-electron chi connectivity index (χ2n) is 5.08. The van der Waals surface area contributed by atoms with Gasteiger partial charge in [0.1, 0.15) is 5.25 Å². The second-order valence-corrected chi connectivity index (χ2v) is 6.36. The third kappa shape index (κ3) is 4.36. The first kappa shape index (κ1) is 15.6. The molecule has 2 aromatic rings. The molecule has 21 heavy (non-hydrogen) atoms. The Bertz CT molecular complexity index is 605. The van der Waals surface area contributed by atoms with Crippen LogP contribution in [0.3, 0.4) is 0 Å². The molecule has 2 rings (SSSR count). The molecule has 0 aromatic heterocycles. The molecule has 0 amide bonds. The number of aryl methyl sites for hydroxylation is 2. The van der Waals surface area contributed by atoms with Crippen LogP contribution in [0.1, 0.15) is 23.6 Å². The quantitative estimate of drug-likeness (QED) is 0.806. The number of benzene rings is 2. The third-order valence-corrected chi connectivity index (χ3v) is 4.68. The minimum atomic E-state index is -0.758. The molecule has 0 saturated carbocycles. The fourth-order valence-corrected chi connectivity index (χ4v) is 3.25. The van der Waals surface area contributed by atoms with Crippen LogP contribution in [0.2, 0.25) is 0 Å². The molecule has 0 fully saturated rings. The molecule has 0 saturated heterocycles. The topological polar surface area (TPSA) is 37.3 Å².